The minimum atomic E-state index is -0.0661. The Morgan fingerprint density at radius 1 is 1.05 bits per heavy atom. The highest BCUT2D eigenvalue weighted by Gasteiger charge is 2.45. The summed E-state index contributed by atoms with van der Waals surface area (Å²) in [5.41, 5.74) is 2.46. The van der Waals surface area contributed by atoms with Crippen molar-refractivity contribution in [1.82, 2.24) is 9.97 Å². The maximum atomic E-state index is 5.19. The molecule has 2 aromatic rings. The van der Waals surface area contributed by atoms with Crippen LogP contribution >= 0.6 is 0 Å². The highest BCUT2D eigenvalue weighted by Crippen LogP contribution is 2.48. The minimum absolute atomic E-state index is 0.0661. The molecule has 0 amide bonds. The molecule has 1 N–H and O–H groups in total. The molecule has 0 atom stereocenters. The zero-order chi connectivity index (χ0) is 14.9. The van der Waals surface area contributed by atoms with Crippen molar-refractivity contribution in [1.29, 1.82) is 0 Å². The number of aryl methyl sites for hydroxylation is 1. The van der Waals surface area contributed by atoms with Crippen molar-refractivity contribution in [3.63, 3.8) is 0 Å². The maximum Gasteiger partial charge on any atom is 0.230 e. The SMILES string of the molecule is COc1cc(OC)nc(NC2(c3cccc(C)c3)CC2)n1. The second kappa shape index (κ2) is 5.24. The first-order chi connectivity index (χ1) is 10.1. The van der Waals surface area contributed by atoms with E-state index in [0.717, 1.165) is 12.8 Å². The second-order valence-corrected chi connectivity index (χ2v) is 5.35. The van der Waals surface area contributed by atoms with Crippen LogP contribution in [0, 0.1) is 6.92 Å². The van der Waals surface area contributed by atoms with Gasteiger partial charge in [0.2, 0.25) is 17.7 Å². The average Bonchev–Trinajstić information content (AvgIpc) is 3.27. The third-order valence-electron chi connectivity index (χ3n) is 3.77. The number of anilines is 1. The summed E-state index contributed by atoms with van der Waals surface area (Å²) in [6.45, 7) is 2.10. The average molecular weight is 285 g/mol. The van der Waals surface area contributed by atoms with Gasteiger partial charge in [-0.05, 0) is 25.3 Å². The van der Waals surface area contributed by atoms with Crippen LogP contribution in [0.25, 0.3) is 0 Å². The number of rotatable bonds is 5. The van der Waals surface area contributed by atoms with E-state index in [1.54, 1.807) is 20.3 Å². The van der Waals surface area contributed by atoms with Crippen LogP contribution in [0.4, 0.5) is 5.95 Å². The van der Waals surface area contributed by atoms with Gasteiger partial charge in [-0.25, -0.2) is 0 Å². The van der Waals surface area contributed by atoms with Gasteiger partial charge in [0.25, 0.3) is 0 Å². The van der Waals surface area contributed by atoms with Crippen LogP contribution in [0.2, 0.25) is 0 Å². The van der Waals surface area contributed by atoms with Crippen molar-refractivity contribution in [2.24, 2.45) is 0 Å². The summed E-state index contributed by atoms with van der Waals surface area (Å²) in [6, 6.07) is 10.2. The Labute approximate surface area is 124 Å². The molecule has 5 heteroatoms. The summed E-state index contributed by atoms with van der Waals surface area (Å²) >= 11 is 0. The van der Waals surface area contributed by atoms with Crippen LogP contribution in [0.15, 0.2) is 30.3 Å². The molecule has 1 aromatic heterocycles. The fourth-order valence-corrected chi connectivity index (χ4v) is 2.44. The summed E-state index contributed by atoms with van der Waals surface area (Å²) in [5, 5.41) is 3.44. The number of aromatic nitrogens is 2. The number of hydrogen-bond acceptors (Lipinski definition) is 5. The Hall–Kier alpha value is -2.30. The minimum Gasteiger partial charge on any atom is -0.481 e. The summed E-state index contributed by atoms with van der Waals surface area (Å²) < 4.78 is 10.4. The molecule has 0 spiro atoms. The van der Waals surface area contributed by atoms with Gasteiger partial charge in [0.15, 0.2) is 0 Å². The monoisotopic (exact) mass is 285 g/mol. The third-order valence-corrected chi connectivity index (χ3v) is 3.77. The van der Waals surface area contributed by atoms with Gasteiger partial charge in [-0.15, -0.1) is 0 Å². The smallest absolute Gasteiger partial charge is 0.230 e. The van der Waals surface area contributed by atoms with Crippen molar-refractivity contribution in [3.8, 4) is 11.8 Å². The van der Waals surface area contributed by atoms with E-state index in [9.17, 15) is 0 Å². The van der Waals surface area contributed by atoms with Crippen LogP contribution in [0.5, 0.6) is 11.8 Å². The molecule has 1 fully saturated rings. The van der Waals surface area contributed by atoms with Crippen molar-refractivity contribution in [2.75, 3.05) is 19.5 Å². The molecule has 0 unspecified atom stereocenters. The number of ether oxygens (including phenoxy) is 2. The zero-order valence-corrected chi connectivity index (χ0v) is 12.5. The van der Waals surface area contributed by atoms with Gasteiger partial charge in [-0.3, -0.25) is 0 Å². The van der Waals surface area contributed by atoms with E-state index in [2.05, 4.69) is 46.5 Å². The summed E-state index contributed by atoms with van der Waals surface area (Å²) in [7, 11) is 3.16. The van der Waals surface area contributed by atoms with E-state index in [0.29, 0.717) is 17.7 Å². The normalized spacial score (nSPS) is 15.4. The Kier molecular flexibility index (Phi) is 3.41. The topological polar surface area (TPSA) is 56.3 Å². The summed E-state index contributed by atoms with van der Waals surface area (Å²) in [5.74, 6) is 1.51. The molecule has 3 rings (SSSR count). The Bertz CT molecular complexity index is 631. The molecule has 21 heavy (non-hydrogen) atoms. The lowest BCUT2D eigenvalue weighted by Crippen LogP contribution is -2.20. The van der Waals surface area contributed by atoms with Crippen LogP contribution in [0.1, 0.15) is 24.0 Å². The maximum absolute atomic E-state index is 5.19. The summed E-state index contributed by atoms with van der Waals surface area (Å²) in [4.78, 5) is 8.70. The van der Waals surface area contributed by atoms with Crippen molar-refractivity contribution in [3.05, 3.63) is 41.5 Å². The molecule has 0 radical (unpaired) electrons. The molecule has 0 aliphatic heterocycles. The third kappa shape index (κ3) is 2.77. The Morgan fingerprint density at radius 3 is 2.24 bits per heavy atom. The molecule has 0 bridgehead atoms. The lowest BCUT2D eigenvalue weighted by Gasteiger charge is -2.19. The van der Waals surface area contributed by atoms with Gasteiger partial charge >= 0.3 is 0 Å². The van der Waals surface area contributed by atoms with Crippen molar-refractivity contribution in [2.45, 2.75) is 25.3 Å². The first kappa shape index (κ1) is 13.7. The molecule has 1 heterocycles. The predicted molar refractivity (Wildman–Crippen MR) is 80.8 cm³/mol. The highest BCUT2D eigenvalue weighted by molar-refractivity contribution is 5.45. The van der Waals surface area contributed by atoms with E-state index in [1.807, 2.05) is 0 Å². The van der Waals surface area contributed by atoms with Crippen LogP contribution in [-0.4, -0.2) is 24.2 Å². The number of methoxy groups -OCH3 is 2. The molecular weight excluding hydrogens is 266 g/mol. The first-order valence-corrected chi connectivity index (χ1v) is 6.97. The molecule has 1 aromatic carbocycles. The molecule has 1 aliphatic carbocycles. The highest BCUT2D eigenvalue weighted by atomic mass is 16.5. The van der Waals surface area contributed by atoms with Crippen molar-refractivity contribution < 1.29 is 9.47 Å². The molecular formula is C16H19N3O2. The number of benzene rings is 1. The number of nitrogens with one attached hydrogen (secondary N) is 1. The van der Waals surface area contributed by atoms with Gasteiger partial charge in [-0.1, -0.05) is 29.8 Å². The van der Waals surface area contributed by atoms with Gasteiger partial charge < -0.3 is 14.8 Å². The Balaban J connectivity index is 1.89. The van der Waals surface area contributed by atoms with E-state index in [4.69, 9.17) is 9.47 Å². The lowest BCUT2D eigenvalue weighted by molar-refractivity contribution is 0.372. The summed E-state index contributed by atoms with van der Waals surface area (Å²) in [6.07, 6.45) is 2.14. The van der Waals surface area contributed by atoms with E-state index < -0.39 is 0 Å². The number of nitrogens with zero attached hydrogens (tertiary/aromatic N) is 2. The largest absolute Gasteiger partial charge is 0.481 e. The molecule has 110 valence electrons. The zero-order valence-electron chi connectivity index (χ0n) is 12.5. The molecule has 1 aliphatic rings. The molecule has 5 nitrogen and oxygen atoms in total. The van der Waals surface area contributed by atoms with E-state index in [-0.39, 0.29) is 5.54 Å². The van der Waals surface area contributed by atoms with E-state index >= 15 is 0 Å². The van der Waals surface area contributed by atoms with Crippen LogP contribution in [0.3, 0.4) is 0 Å². The Morgan fingerprint density at radius 2 is 1.71 bits per heavy atom. The predicted octanol–water partition coefficient (Wildman–Crippen LogP) is 2.90. The fraction of sp³-hybridized carbons (Fsp3) is 0.375. The second-order valence-electron chi connectivity index (χ2n) is 5.35. The first-order valence-electron chi connectivity index (χ1n) is 6.97. The van der Waals surface area contributed by atoms with Crippen molar-refractivity contribution >= 4 is 5.95 Å². The van der Waals surface area contributed by atoms with Gasteiger partial charge in [0.05, 0.1) is 25.8 Å². The van der Waals surface area contributed by atoms with Gasteiger partial charge in [-0.2, -0.15) is 9.97 Å². The van der Waals surface area contributed by atoms with Gasteiger partial charge in [0.1, 0.15) is 0 Å². The quantitative estimate of drug-likeness (QED) is 0.915. The van der Waals surface area contributed by atoms with Crippen LogP contribution < -0.4 is 14.8 Å². The van der Waals surface area contributed by atoms with Crippen LogP contribution in [-0.2, 0) is 5.54 Å². The standard InChI is InChI=1S/C16H19N3O2/c1-11-5-4-6-12(9-11)16(7-8-16)19-15-17-13(20-2)10-14(18-15)21-3/h4-6,9-10H,7-8H2,1-3H3,(H,17,18,19). The van der Waals surface area contributed by atoms with Gasteiger partial charge in [0, 0.05) is 0 Å². The number of hydrogen-bond donors (Lipinski definition) is 1. The molecule has 0 saturated heterocycles. The fourth-order valence-electron chi connectivity index (χ4n) is 2.44. The van der Waals surface area contributed by atoms with E-state index in [1.165, 1.54) is 11.1 Å². The molecule has 1 saturated carbocycles. The lowest BCUT2D eigenvalue weighted by atomic mass is 10.0.